The van der Waals surface area contributed by atoms with Gasteiger partial charge in [0.05, 0.1) is 16.6 Å². The third kappa shape index (κ3) is 4.58. The third-order valence-electron chi connectivity index (χ3n) is 2.66. The van der Waals surface area contributed by atoms with Crippen molar-refractivity contribution in [2.24, 2.45) is 0 Å². The Morgan fingerprint density at radius 3 is 2.43 bits per heavy atom. The normalized spacial score (nSPS) is 10.2. The molecule has 2 aromatic rings. The molecule has 0 N–H and O–H groups in total. The number of hydrogen-bond donors (Lipinski definition) is 0. The standard InChI is InChI=1S/C16H14Br2O3/c1-2-9-20-13-6-3-11(4-7-13)16(19)21-15-8-5-12(17)10-14(15)18/h3-8,10H,2,9H2,1H3. The third-order valence-corrected chi connectivity index (χ3v) is 3.77. The molecule has 2 aromatic carbocycles. The maximum atomic E-state index is 12.1. The molecule has 0 amide bonds. The molecule has 0 spiro atoms. The van der Waals surface area contributed by atoms with Crippen LogP contribution in [0.15, 0.2) is 51.4 Å². The molecule has 110 valence electrons. The molecular weight excluding hydrogens is 400 g/mol. The number of rotatable bonds is 5. The summed E-state index contributed by atoms with van der Waals surface area (Å²) < 4.78 is 12.5. The molecular formula is C16H14Br2O3. The molecule has 0 saturated carbocycles. The summed E-state index contributed by atoms with van der Waals surface area (Å²) in [7, 11) is 0. The Morgan fingerprint density at radius 1 is 1.10 bits per heavy atom. The summed E-state index contributed by atoms with van der Waals surface area (Å²) in [4.78, 5) is 12.1. The van der Waals surface area contributed by atoms with E-state index in [0.29, 0.717) is 22.4 Å². The van der Waals surface area contributed by atoms with Crippen molar-refractivity contribution >= 4 is 37.8 Å². The van der Waals surface area contributed by atoms with Gasteiger partial charge in [-0.05, 0) is 64.8 Å². The maximum absolute atomic E-state index is 12.1. The lowest BCUT2D eigenvalue weighted by Gasteiger charge is -2.08. The highest BCUT2D eigenvalue weighted by molar-refractivity contribution is 9.11. The number of benzene rings is 2. The van der Waals surface area contributed by atoms with E-state index >= 15 is 0 Å². The van der Waals surface area contributed by atoms with Crippen LogP contribution in [0, 0.1) is 0 Å². The van der Waals surface area contributed by atoms with Crippen LogP contribution < -0.4 is 9.47 Å². The van der Waals surface area contributed by atoms with E-state index in [4.69, 9.17) is 9.47 Å². The second-order valence-corrected chi connectivity index (χ2v) is 6.11. The molecule has 0 aliphatic carbocycles. The molecule has 21 heavy (non-hydrogen) atoms. The first-order valence-corrected chi connectivity index (χ1v) is 8.09. The van der Waals surface area contributed by atoms with Crippen LogP contribution in [0.2, 0.25) is 0 Å². The van der Waals surface area contributed by atoms with Gasteiger partial charge in [-0.25, -0.2) is 4.79 Å². The largest absolute Gasteiger partial charge is 0.494 e. The fraction of sp³-hybridized carbons (Fsp3) is 0.188. The molecule has 0 unspecified atom stereocenters. The van der Waals surface area contributed by atoms with Crippen molar-refractivity contribution in [2.45, 2.75) is 13.3 Å². The average molecular weight is 414 g/mol. The van der Waals surface area contributed by atoms with Crippen LogP contribution in [-0.4, -0.2) is 12.6 Å². The second kappa shape index (κ2) is 7.61. The Kier molecular flexibility index (Phi) is 5.82. The van der Waals surface area contributed by atoms with Crippen LogP contribution in [0.25, 0.3) is 0 Å². The molecule has 0 radical (unpaired) electrons. The van der Waals surface area contributed by atoms with Crippen molar-refractivity contribution < 1.29 is 14.3 Å². The van der Waals surface area contributed by atoms with E-state index < -0.39 is 5.97 Å². The van der Waals surface area contributed by atoms with Crippen LogP contribution in [0.4, 0.5) is 0 Å². The molecule has 0 aliphatic heterocycles. The van der Waals surface area contributed by atoms with Crippen LogP contribution in [0.3, 0.4) is 0 Å². The van der Waals surface area contributed by atoms with Crippen molar-refractivity contribution in [3.63, 3.8) is 0 Å². The minimum atomic E-state index is -0.403. The highest BCUT2D eigenvalue weighted by atomic mass is 79.9. The number of carbonyl (C=O) groups is 1. The molecule has 0 aliphatic rings. The Labute approximate surface area is 140 Å². The van der Waals surface area contributed by atoms with Crippen LogP contribution in [0.5, 0.6) is 11.5 Å². The Morgan fingerprint density at radius 2 is 1.81 bits per heavy atom. The van der Waals surface area contributed by atoms with Gasteiger partial charge in [-0.1, -0.05) is 22.9 Å². The van der Waals surface area contributed by atoms with Crippen molar-refractivity contribution in [3.05, 3.63) is 57.0 Å². The van der Waals surface area contributed by atoms with Gasteiger partial charge >= 0.3 is 5.97 Å². The number of ether oxygens (including phenoxy) is 2. The lowest BCUT2D eigenvalue weighted by atomic mass is 10.2. The Balaban J connectivity index is 2.06. The van der Waals surface area contributed by atoms with E-state index in [-0.39, 0.29) is 0 Å². The first kappa shape index (κ1) is 16.0. The first-order chi connectivity index (χ1) is 10.1. The summed E-state index contributed by atoms with van der Waals surface area (Å²) in [5.41, 5.74) is 0.480. The van der Waals surface area contributed by atoms with Gasteiger partial charge in [0.15, 0.2) is 0 Å². The smallest absolute Gasteiger partial charge is 0.343 e. The highest BCUT2D eigenvalue weighted by Gasteiger charge is 2.11. The van der Waals surface area contributed by atoms with E-state index in [1.807, 2.05) is 19.1 Å². The number of esters is 1. The molecule has 0 saturated heterocycles. The van der Waals surface area contributed by atoms with E-state index in [2.05, 4.69) is 31.9 Å². The molecule has 0 heterocycles. The molecule has 2 rings (SSSR count). The van der Waals surface area contributed by atoms with Crippen LogP contribution in [-0.2, 0) is 0 Å². The minimum Gasteiger partial charge on any atom is -0.494 e. The number of carbonyl (C=O) groups excluding carboxylic acids is 1. The van der Waals surface area contributed by atoms with E-state index in [1.165, 1.54) is 0 Å². The van der Waals surface area contributed by atoms with Gasteiger partial charge in [-0.2, -0.15) is 0 Å². The SMILES string of the molecule is CCCOc1ccc(C(=O)Oc2ccc(Br)cc2Br)cc1. The lowest BCUT2D eigenvalue weighted by molar-refractivity contribution is 0.0733. The second-order valence-electron chi connectivity index (χ2n) is 4.34. The topological polar surface area (TPSA) is 35.5 Å². The zero-order valence-corrected chi connectivity index (χ0v) is 14.6. The average Bonchev–Trinajstić information content (AvgIpc) is 2.48. The minimum absolute atomic E-state index is 0.403. The van der Waals surface area contributed by atoms with Gasteiger partial charge in [0.2, 0.25) is 0 Å². The summed E-state index contributed by atoms with van der Waals surface area (Å²) in [5.74, 6) is 0.827. The van der Waals surface area contributed by atoms with Gasteiger partial charge in [0.25, 0.3) is 0 Å². The summed E-state index contributed by atoms with van der Waals surface area (Å²) in [6, 6.07) is 12.3. The zero-order chi connectivity index (χ0) is 15.2. The monoisotopic (exact) mass is 412 g/mol. The fourth-order valence-electron chi connectivity index (χ4n) is 1.62. The van der Waals surface area contributed by atoms with E-state index in [0.717, 1.165) is 16.6 Å². The summed E-state index contributed by atoms with van der Waals surface area (Å²) in [6.07, 6.45) is 0.946. The van der Waals surface area contributed by atoms with Gasteiger partial charge < -0.3 is 9.47 Å². The van der Waals surface area contributed by atoms with Gasteiger partial charge in [-0.3, -0.25) is 0 Å². The van der Waals surface area contributed by atoms with E-state index in [1.54, 1.807) is 30.3 Å². The van der Waals surface area contributed by atoms with Gasteiger partial charge in [0, 0.05) is 4.47 Å². The molecule has 0 aromatic heterocycles. The zero-order valence-electron chi connectivity index (χ0n) is 11.4. The highest BCUT2D eigenvalue weighted by Crippen LogP contribution is 2.29. The summed E-state index contributed by atoms with van der Waals surface area (Å²) in [5, 5.41) is 0. The van der Waals surface area contributed by atoms with Gasteiger partial charge in [0.1, 0.15) is 11.5 Å². The quantitative estimate of drug-likeness (QED) is 0.497. The summed E-state index contributed by atoms with van der Waals surface area (Å²) in [6.45, 7) is 2.71. The number of hydrogen-bond acceptors (Lipinski definition) is 3. The molecule has 0 bridgehead atoms. The first-order valence-electron chi connectivity index (χ1n) is 6.50. The van der Waals surface area contributed by atoms with Crippen LogP contribution in [0.1, 0.15) is 23.7 Å². The Bertz CT molecular complexity index is 624. The molecule has 5 heteroatoms. The molecule has 0 atom stereocenters. The van der Waals surface area contributed by atoms with Gasteiger partial charge in [-0.15, -0.1) is 0 Å². The van der Waals surface area contributed by atoms with Crippen molar-refractivity contribution in [3.8, 4) is 11.5 Å². The molecule has 0 fully saturated rings. The van der Waals surface area contributed by atoms with Crippen molar-refractivity contribution in [1.29, 1.82) is 0 Å². The fourth-order valence-corrected chi connectivity index (χ4v) is 2.75. The van der Waals surface area contributed by atoms with Crippen LogP contribution >= 0.6 is 31.9 Å². The van der Waals surface area contributed by atoms with Crippen molar-refractivity contribution in [2.75, 3.05) is 6.61 Å². The lowest BCUT2D eigenvalue weighted by Crippen LogP contribution is -2.08. The maximum Gasteiger partial charge on any atom is 0.343 e. The van der Waals surface area contributed by atoms with Crippen molar-refractivity contribution in [1.82, 2.24) is 0 Å². The number of halogens is 2. The molecule has 3 nitrogen and oxygen atoms in total. The van der Waals surface area contributed by atoms with E-state index in [9.17, 15) is 4.79 Å². The predicted octanol–water partition coefficient (Wildman–Crippen LogP) is 5.22. The summed E-state index contributed by atoms with van der Waals surface area (Å²) >= 11 is 6.71. The Hall–Kier alpha value is -1.33. The predicted molar refractivity (Wildman–Crippen MR) is 89.0 cm³/mol.